The largest absolute Gasteiger partial charge is 0.321 e. The Morgan fingerprint density at radius 2 is 2.05 bits per heavy atom. The van der Waals surface area contributed by atoms with Gasteiger partial charge >= 0.3 is 0 Å². The summed E-state index contributed by atoms with van der Waals surface area (Å²) in [6.07, 6.45) is 4.72. The van der Waals surface area contributed by atoms with Crippen LogP contribution in [-0.4, -0.2) is 26.3 Å². The van der Waals surface area contributed by atoms with E-state index in [0.717, 1.165) is 40.1 Å². The third kappa shape index (κ3) is 2.37. The van der Waals surface area contributed by atoms with Crippen LogP contribution in [0.3, 0.4) is 0 Å². The van der Waals surface area contributed by atoms with E-state index in [4.69, 9.17) is 0 Å². The van der Waals surface area contributed by atoms with Crippen molar-refractivity contribution in [2.75, 3.05) is 5.32 Å². The predicted molar refractivity (Wildman–Crippen MR) is 85.2 cm³/mol. The second-order valence-electron chi connectivity index (χ2n) is 5.53. The molecule has 4 rings (SSSR count). The molecule has 0 atom stereocenters. The SMILES string of the molecule is O=C(Nc1ccc2n[nH]nc2c1)c1scnc1C1CCCC1. The van der Waals surface area contributed by atoms with Crippen LogP contribution in [0.5, 0.6) is 0 Å². The van der Waals surface area contributed by atoms with Crippen LogP contribution in [0.15, 0.2) is 23.7 Å². The van der Waals surface area contributed by atoms with Crippen LogP contribution in [0.2, 0.25) is 0 Å². The quantitative estimate of drug-likeness (QED) is 0.777. The van der Waals surface area contributed by atoms with Crippen molar-refractivity contribution in [3.05, 3.63) is 34.3 Å². The Kier molecular flexibility index (Phi) is 3.34. The molecule has 0 spiro atoms. The summed E-state index contributed by atoms with van der Waals surface area (Å²) in [7, 11) is 0. The van der Waals surface area contributed by atoms with E-state index in [1.54, 1.807) is 5.51 Å². The van der Waals surface area contributed by atoms with Crippen molar-refractivity contribution in [3.63, 3.8) is 0 Å². The lowest BCUT2D eigenvalue weighted by Gasteiger charge is -2.09. The fourth-order valence-corrected chi connectivity index (χ4v) is 3.79. The van der Waals surface area contributed by atoms with Gasteiger partial charge in [-0.2, -0.15) is 15.4 Å². The van der Waals surface area contributed by atoms with E-state index >= 15 is 0 Å². The zero-order valence-electron chi connectivity index (χ0n) is 11.9. The number of carbonyl (C=O) groups is 1. The van der Waals surface area contributed by atoms with Crippen LogP contribution >= 0.6 is 11.3 Å². The summed E-state index contributed by atoms with van der Waals surface area (Å²) in [5.74, 6) is 0.345. The summed E-state index contributed by atoms with van der Waals surface area (Å²) in [5.41, 5.74) is 4.96. The second kappa shape index (κ2) is 5.49. The molecule has 1 saturated carbocycles. The molecule has 1 aliphatic carbocycles. The molecular weight excluding hydrogens is 298 g/mol. The number of H-pyrrole nitrogens is 1. The molecule has 1 amide bonds. The smallest absolute Gasteiger partial charge is 0.267 e. The van der Waals surface area contributed by atoms with Gasteiger partial charge in [0.25, 0.3) is 5.91 Å². The Hall–Kier alpha value is -2.28. The number of fused-ring (bicyclic) bond motifs is 1. The summed E-state index contributed by atoms with van der Waals surface area (Å²) in [5, 5.41) is 13.5. The third-order valence-electron chi connectivity index (χ3n) is 4.12. The minimum absolute atomic E-state index is 0.0905. The first-order chi connectivity index (χ1) is 10.8. The Morgan fingerprint density at radius 3 is 2.91 bits per heavy atom. The third-order valence-corrected chi connectivity index (χ3v) is 4.96. The number of nitrogens with zero attached hydrogens (tertiary/aromatic N) is 3. The van der Waals surface area contributed by atoms with Crippen LogP contribution in [0.1, 0.15) is 47.0 Å². The summed E-state index contributed by atoms with van der Waals surface area (Å²) < 4.78 is 0. The topological polar surface area (TPSA) is 83.6 Å². The molecule has 1 aromatic carbocycles. The monoisotopic (exact) mass is 313 g/mol. The highest BCUT2D eigenvalue weighted by Crippen LogP contribution is 2.36. The van der Waals surface area contributed by atoms with Gasteiger partial charge in [-0.25, -0.2) is 4.98 Å². The molecule has 0 bridgehead atoms. The van der Waals surface area contributed by atoms with Gasteiger partial charge in [-0.1, -0.05) is 12.8 Å². The molecule has 7 heteroatoms. The van der Waals surface area contributed by atoms with Gasteiger partial charge in [0.2, 0.25) is 0 Å². The Balaban J connectivity index is 1.58. The van der Waals surface area contributed by atoms with Crippen molar-refractivity contribution in [2.45, 2.75) is 31.6 Å². The molecule has 1 aliphatic rings. The van der Waals surface area contributed by atoms with E-state index < -0.39 is 0 Å². The maximum absolute atomic E-state index is 12.5. The normalized spacial score (nSPS) is 15.5. The van der Waals surface area contributed by atoms with Gasteiger partial charge in [0, 0.05) is 11.6 Å². The van der Waals surface area contributed by atoms with Crippen LogP contribution in [0, 0.1) is 0 Å². The van der Waals surface area contributed by atoms with Gasteiger partial charge in [0.05, 0.1) is 11.2 Å². The highest BCUT2D eigenvalue weighted by molar-refractivity contribution is 7.12. The summed E-state index contributed by atoms with van der Waals surface area (Å²) in [6, 6.07) is 5.48. The molecule has 0 aliphatic heterocycles. The Bertz CT molecular complexity index is 818. The molecule has 6 nitrogen and oxygen atoms in total. The van der Waals surface area contributed by atoms with Gasteiger partial charge in [0.15, 0.2) is 0 Å². The van der Waals surface area contributed by atoms with Crippen LogP contribution in [0.25, 0.3) is 11.0 Å². The molecule has 2 heterocycles. The van der Waals surface area contributed by atoms with E-state index in [-0.39, 0.29) is 5.91 Å². The Morgan fingerprint density at radius 1 is 1.23 bits per heavy atom. The van der Waals surface area contributed by atoms with E-state index in [9.17, 15) is 4.79 Å². The minimum atomic E-state index is -0.0905. The maximum atomic E-state index is 12.5. The fraction of sp³-hybridized carbons (Fsp3) is 0.333. The molecule has 1 fully saturated rings. The number of anilines is 1. The van der Waals surface area contributed by atoms with E-state index in [2.05, 4.69) is 25.7 Å². The summed E-state index contributed by atoms with van der Waals surface area (Å²) in [6.45, 7) is 0. The molecule has 2 aromatic heterocycles. The number of rotatable bonds is 3. The number of thiazole rings is 1. The van der Waals surface area contributed by atoms with E-state index in [0.29, 0.717) is 5.92 Å². The second-order valence-corrected chi connectivity index (χ2v) is 6.38. The first-order valence-corrected chi connectivity index (χ1v) is 8.24. The fourth-order valence-electron chi connectivity index (χ4n) is 3.02. The van der Waals surface area contributed by atoms with Crippen molar-refractivity contribution in [2.24, 2.45) is 0 Å². The number of nitrogens with one attached hydrogen (secondary N) is 2. The summed E-state index contributed by atoms with van der Waals surface area (Å²) >= 11 is 1.41. The van der Waals surface area contributed by atoms with Gasteiger partial charge in [-0.3, -0.25) is 4.79 Å². The molecule has 0 saturated heterocycles. The number of amides is 1. The number of hydrogen-bond acceptors (Lipinski definition) is 5. The number of carbonyl (C=O) groups excluding carboxylic acids is 1. The average Bonchev–Trinajstić information content (AvgIpc) is 3.26. The minimum Gasteiger partial charge on any atom is -0.321 e. The molecule has 3 aromatic rings. The summed E-state index contributed by atoms with van der Waals surface area (Å²) in [4.78, 5) is 17.7. The lowest BCUT2D eigenvalue weighted by Crippen LogP contribution is -2.13. The van der Waals surface area contributed by atoms with E-state index in [1.807, 2.05) is 18.2 Å². The van der Waals surface area contributed by atoms with Crippen molar-refractivity contribution >= 4 is 34.0 Å². The number of benzene rings is 1. The van der Waals surface area contributed by atoms with Gasteiger partial charge in [0.1, 0.15) is 15.9 Å². The molecule has 0 unspecified atom stereocenters. The molecular formula is C15H15N5OS. The van der Waals surface area contributed by atoms with Crippen molar-refractivity contribution in [3.8, 4) is 0 Å². The van der Waals surface area contributed by atoms with Crippen molar-refractivity contribution in [1.29, 1.82) is 0 Å². The maximum Gasteiger partial charge on any atom is 0.267 e. The first-order valence-electron chi connectivity index (χ1n) is 7.36. The van der Waals surface area contributed by atoms with Crippen LogP contribution in [0.4, 0.5) is 5.69 Å². The average molecular weight is 313 g/mol. The lowest BCUT2D eigenvalue weighted by molar-refractivity contribution is 0.102. The first kappa shape index (κ1) is 13.4. The highest BCUT2D eigenvalue weighted by atomic mass is 32.1. The molecule has 0 radical (unpaired) electrons. The highest BCUT2D eigenvalue weighted by Gasteiger charge is 2.25. The van der Waals surface area contributed by atoms with E-state index in [1.165, 1.54) is 24.2 Å². The van der Waals surface area contributed by atoms with Gasteiger partial charge < -0.3 is 5.32 Å². The number of aromatic nitrogens is 4. The standard InChI is InChI=1S/C15H15N5OS/c21-15(14-13(16-8-22-14)9-3-1-2-4-9)17-10-5-6-11-12(7-10)19-20-18-11/h5-9H,1-4H2,(H,17,21)(H,18,19,20). The van der Waals surface area contributed by atoms with Crippen molar-refractivity contribution in [1.82, 2.24) is 20.4 Å². The van der Waals surface area contributed by atoms with Crippen molar-refractivity contribution < 1.29 is 4.79 Å². The van der Waals surface area contributed by atoms with Crippen LogP contribution in [-0.2, 0) is 0 Å². The number of hydrogen-bond donors (Lipinski definition) is 2. The Labute approximate surface area is 131 Å². The number of aromatic amines is 1. The van der Waals surface area contributed by atoms with Crippen LogP contribution < -0.4 is 5.32 Å². The van der Waals surface area contributed by atoms with Gasteiger partial charge in [-0.15, -0.1) is 11.3 Å². The molecule has 22 heavy (non-hydrogen) atoms. The lowest BCUT2D eigenvalue weighted by atomic mass is 10.0. The predicted octanol–water partition coefficient (Wildman–Crippen LogP) is 3.32. The zero-order valence-corrected chi connectivity index (χ0v) is 12.7. The van der Waals surface area contributed by atoms with Gasteiger partial charge in [-0.05, 0) is 31.0 Å². The molecule has 2 N–H and O–H groups in total. The zero-order chi connectivity index (χ0) is 14.9. The molecule has 112 valence electrons.